The van der Waals surface area contributed by atoms with Gasteiger partial charge < -0.3 is 9.84 Å². The van der Waals surface area contributed by atoms with E-state index in [4.69, 9.17) is 4.74 Å². The van der Waals surface area contributed by atoms with Crippen LogP contribution in [0.1, 0.15) is 48.4 Å². The third kappa shape index (κ3) is 3.84. The highest BCUT2D eigenvalue weighted by Crippen LogP contribution is 2.17. The Balaban J connectivity index is 2.15. The summed E-state index contributed by atoms with van der Waals surface area (Å²) in [5, 5.41) is 16.9. The molecular weight excluding hydrogens is 282 g/mol. The standard InChI is InChI=1S/C16H21N3O3/c1-3-5-9-19-14(15(16(20)21)17-18-19)11-22-13-8-6-7-12(4-2)10-13/h6-8,10H,3-5,9,11H2,1-2H3,(H,20,21). The van der Waals surface area contributed by atoms with Crippen molar-refractivity contribution in [1.29, 1.82) is 0 Å². The lowest BCUT2D eigenvalue weighted by atomic mass is 10.2. The Morgan fingerprint density at radius 2 is 2.18 bits per heavy atom. The Labute approximate surface area is 129 Å². The fourth-order valence-electron chi connectivity index (χ4n) is 2.14. The Bertz CT molecular complexity index is 637. The number of benzene rings is 1. The van der Waals surface area contributed by atoms with Crippen molar-refractivity contribution in [2.24, 2.45) is 0 Å². The molecule has 6 nitrogen and oxygen atoms in total. The Morgan fingerprint density at radius 3 is 2.86 bits per heavy atom. The van der Waals surface area contributed by atoms with Crippen LogP contribution in [0.25, 0.3) is 0 Å². The van der Waals surface area contributed by atoms with E-state index in [2.05, 4.69) is 24.2 Å². The highest BCUT2D eigenvalue weighted by atomic mass is 16.5. The van der Waals surface area contributed by atoms with Gasteiger partial charge in [0.15, 0.2) is 5.69 Å². The second-order valence-corrected chi connectivity index (χ2v) is 5.06. The number of hydrogen-bond acceptors (Lipinski definition) is 4. The van der Waals surface area contributed by atoms with Crippen molar-refractivity contribution in [2.45, 2.75) is 46.3 Å². The molecule has 1 N–H and O–H groups in total. The summed E-state index contributed by atoms with van der Waals surface area (Å²) < 4.78 is 7.36. The van der Waals surface area contributed by atoms with Crippen molar-refractivity contribution in [3.8, 4) is 5.75 Å². The van der Waals surface area contributed by atoms with Crippen molar-refractivity contribution in [1.82, 2.24) is 15.0 Å². The Morgan fingerprint density at radius 1 is 1.36 bits per heavy atom. The number of aromatic nitrogens is 3. The quantitative estimate of drug-likeness (QED) is 0.811. The van der Waals surface area contributed by atoms with Gasteiger partial charge in [0.25, 0.3) is 0 Å². The maximum absolute atomic E-state index is 11.2. The number of carboxylic acids is 1. The van der Waals surface area contributed by atoms with Gasteiger partial charge in [-0.25, -0.2) is 9.48 Å². The molecule has 0 atom stereocenters. The summed E-state index contributed by atoms with van der Waals surface area (Å²) in [5.74, 6) is -0.359. The molecule has 22 heavy (non-hydrogen) atoms. The van der Waals surface area contributed by atoms with Crippen LogP contribution in [0.3, 0.4) is 0 Å². The average molecular weight is 303 g/mol. The van der Waals surface area contributed by atoms with E-state index in [9.17, 15) is 9.90 Å². The number of nitrogens with zero attached hydrogens (tertiary/aromatic N) is 3. The highest BCUT2D eigenvalue weighted by Gasteiger charge is 2.19. The second-order valence-electron chi connectivity index (χ2n) is 5.06. The number of hydrogen-bond donors (Lipinski definition) is 1. The monoisotopic (exact) mass is 303 g/mol. The van der Waals surface area contributed by atoms with E-state index in [-0.39, 0.29) is 12.3 Å². The first kappa shape index (κ1) is 16.0. The lowest BCUT2D eigenvalue weighted by Crippen LogP contribution is -2.11. The molecule has 0 radical (unpaired) electrons. The molecule has 0 aliphatic carbocycles. The maximum Gasteiger partial charge on any atom is 0.358 e. The average Bonchev–Trinajstić information content (AvgIpc) is 2.94. The van der Waals surface area contributed by atoms with Gasteiger partial charge in [-0.15, -0.1) is 5.10 Å². The zero-order chi connectivity index (χ0) is 15.9. The molecule has 0 bridgehead atoms. The molecule has 1 aromatic heterocycles. The molecule has 0 amide bonds. The van der Waals surface area contributed by atoms with Crippen LogP contribution in [0.2, 0.25) is 0 Å². The Hall–Kier alpha value is -2.37. The summed E-state index contributed by atoms with van der Waals surface area (Å²) in [6.07, 6.45) is 2.84. The van der Waals surface area contributed by atoms with E-state index >= 15 is 0 Å². The summed E-state index contributed by atoms with van der Waals surface area (Å²) in [5.41, 5.74) is 1.64. The normalized spacial score (nSPS) is 10.6. The van der Waals surface area contributed by atoms with Crippen molar-refractivity contribution in [3.63, 3.8) is 0 Å². The van der Waals surface area contributed by atoms with Gasteiger partial charge in [-0.05, 0) is 30.5 Å². The zero-order valence-corrected chi connectivity index (χ0v) is 13.0. The van der Waals surface area contributed by atoms with Gasteiger partial charge in [-0.2, -0.15) is 0 Å². The van der Waals surface area contributed by atoms with Crippen LogP contribution in [0, 0.1) is 0 Å². The molecule has 0 aliphatic heterocycles. The molecule has 0 saturated heterocycles. The molecule has 0 saturated carbocycles. The summed E-state index contributed by atoms with van der Waals surface area (Å²) >= 11 is 0. The SMILES string of the molecule is CCCCn1nnc(C(=O)O)c1COc1cccc(CC)c1. The van der Waals surface area contributed by atoms with Crippen LogP contribution >= 0.6 is 0 Å². The number of rotatable bonds is 8. The molecule has 2 rings (SSSR count). The van der Waals surface area contributed by atoms with E-state index in [0.29, 0.717) is 12.2 Å². The molecule has 0 spiro atoms. The molecule has 0 unspecified atom stereocenters. The molecule has 2 aromatic rings. The van der Waals surface area contributed by atoms with Crippen LogP contribution in [-0.2, 0) is 19.6 Å². The zero-order valence-electron chi connectivity index (χ0n) is 13.0. The predicted molar refractivity (Wildman–Crippen MR) is 82.0 cm³/mol. The lowest BCUT2D eigenvalue weighted by Gasteiger charge is -2.09. The van der Waals surface area contributed by atoms with Crippen molar-refractivity contribution in [2.75, 3.05) is 0 Å². The minimum atomic E-state index is -1.08. The van der Waals surface area contributed by atoms with Crippen LogP contribution in [0.5, 0.6) is 5.75 Å². The summed E-state index contributed by atoms with van der Waals surface area (Å²) in [6.45, 7) is 4.93. The van der Waals surface area contributed by atoms with Gasteiger partial charge >= 0.3 is 5.97 Å². The molecule has 1 heterocycles. The second kappa shape index (κ2) is 7.59. The lowest BCUT2D eigenvalue weighted by molar-refractivity contribution is 0.0687. The number of aryl methyl sites for hydroxylation is 2. The first-order chi connectivity index (χ1) is 10.7. The largest absolute Gasteiger partial charge is 0.487 e. The minimum absolute atomic E-state index is 0.0391. The van der Waals surface area contributed by atoms with Gasteiger partial charge in [0.1, 0.15) is 18.1 Å². The first-order valence-electron chi connectivity index (χ1n) is 7.53. The molecular formula is C16H21N3O3. The predicted octanol–water partition coefficient (Wildman–Crippen LogP) is 2.92. The smallest absolute Gasteiger partial charge is 0.358 e. The fraction of sp³-hybridized carbons (Fsp3) is 0.438. The van der Waals surface area contributed by atoms with E-state index in [1.165, 1.54) is 5.56 Å². The van der Waals surface area contributed by atoms with Gasteiger partial charge in [-0.3, -0.25) is 0 Å². The van der Waals surface area contributed by atoms with E-state index in [1.807, 2.05) is 24.3 Å². The topological polar surface area (TPSA) is 77.2 Å². The number of unbranched alkanes of at least 4 members (excludes halogenated alkanes) is 1. The van der Waals surface area contributed by atoms with Crippen molar-refractivity contribution in [3.05, 3.63) is 41.2 Å². The summed E-state index contributed by atoms with van der Waals surface area (Å²) in [4.78, 5) is 11.2. The number of aromatic carboxylic acids is 1. The number of ether oxygens (including phenoxy) is 1. The van der Waals surface area contributed by atoms with Crippen LogP contribution < -0.4 is 4.74 Å². The van der Waals surface area contributed by atoms with Gasteiger partial charge in [-0.1, -0.05) is 37.6 Å². The van der Waals surface area contributed by atoms with E-state index < -0.39 is 5.97 Å². The molecule has 0 fully saturated rings. The summed E-state index contributed by atoms with van der Waals surface area (Å²) in [7, 11) is 0. The van der Waals surface area contributed by atoms with Gasteiger partial charge in [0.05, 0.1) is 0 Å². The maximum atomic E-state index is 11.2. The Kier molecular flexibility index (Phi) is 5.52. The highest BCUT2D eigenvalue weighted by molar-refractivity contribution is 5.86. The fourth-order valence-corrected chi connectivity index (χ4v) is 2.14. The van der Waals surface area contributed by atoms with Gasteiger partial charge in [0.2, 0.25) is 0 Å². The minimum Gasteiger partial charge on any atom is -0.487 e. The van der Waals surface area contributed by atoms with Crippen molar-refractivity contribution >= 4 is 5.97 Å². The number of carbonyl (C=O) groups is 1. The van der Waals surface area contributed by atoms with E-state index in [0.717, 1.165) is 25.0 Å². The summed E-state index contributed by atoms with van der Waals surface area (Å²) in [6, 6.07) is 7.78. The molecule has 0 aliphatic rings. The van der Waals surface area contributed by atoms with E-state index in [1.54, 1.807) is 4.68 Å². The third-order valence-electron chi connectivity index (χ3n) is 3.45. The molecule has 118 valence electrons. The van der Waals surface area contributed by atoms with Crippen molar-refractivity contribution < 1.29 is 14.6 Å². The van der Waals surface area contributed by atoms with Crippen LogP contribution in [0.15, 0.2) is 24.3 Å². The first-order valence-corrected chi connectivity index (χ1v) is 7.53. The van der Waals surface area contributed by atoms with Crippen LogP contribution in [-0.4, -0.2) is 26.1 Å². The molecule has 1 aromatic carbocycles. The van der Waals surface area contributed by atoms with Crippen LogP contribution in [0.4, 0.5) is 0 Å². The third-order valence-corrected chi connectivity index (χ3v) is 3.45. The number of carboxylic acid groups (broad SMARTS) is 1. The van der Waals surface area contributed by atoms with Gasteiger partial charge in [0, 0.05) is 6.54 Å². The molecule has 6 heteroatoms.